The molecule has 0 radical (unpaired) electrons. The quantitative estimate of drug-likeness (QED) is 0.399. The third-order valence-electron chi connectivity index (χ3n) is 5.54. The number of benzene rings is 2. The van der Waals surface area contributed by atoms with Crippen molar-refractivity contribution in [1.29, 1.82) is 0 Å². The minimum absolute atomic E-state index is 0.0616. The zero-order valence-electron chi connectivity index (χ0n) is 17.2. The van der Waals surface area contributed by atoms with Crippen LogP contribution in [0.15, 0.2) is 42.5 Å². The number of hydrogen-bond acceptors (Lipinski definition) is 7. The normalized spacial score (nSPS) is 25.1. The third-order valence-corrected chi connectivity index (χ3v) is 5.91. The largest absolute Gasteiger partial charge is 0.484 e. The number of aliphatic hydroxyl groups is 5. The van der Waals surface area contributed by atoms with Crippen LogP contribution in [0.3, 0.4) is 0 Å². The van der Waals surface area contributed by atoms with Gasteiger partial charge in [-0.2, -0.15) is 13.2 Å². The van der Waals surface area contributed by atoms with E-state index in [9.17, 15) is 38.7 Å². The predicted molar refractivity (Wildman–Crippen MR) is 111 cm³/mol. The number of halogens is 4. The Kier molecular flexibility index (Phi) is 7.90. The second-order valence-electron chi connectivity index (χ2n) is 7.92. The van der Waals surface area contributed by atoms with Crippen molar-refractivity contribution in [2.45, 2.75) is 42.6 Å². The summed E-state index contributed by atoms with van der Waals surface area (Å²) in [4.78, 5) is 0. The zero-order chi connectivity index (χ0) is 24.4. The maximum absolute atomic E-state index is 12.3. The SMILES string of the molecule is OCC1(CO)OC(c2ccc(Cl)c(Cc3ccc(OCC(F)(F)F)cc3)c2)C(O)C(O)C1O. The van der Waals surface area contributed by atoms with Gasteiger partial charge in [-0.15, -0.1) is 0 Å². The Bertz CT molecular complexity index is 935. The smallest absolute Gasteiger partial charge is 0.422 e. The van der Waals surface area contributed by atoms with Gasteiger partial charge in [0.2, 0.25) is 0 Å². The van der Waals surface area contributed by atoms with Crippen molar-refractivity contribution in [2.24, 2.45) is 0 Å². The maximum atomic E-state index is 12.3. The fourth-order valence-corrected chi connectivity index (χ4v) is 3.83. The van der Waals surface area contributed by atoms with E-state index in [4.69, 9.17) is 16.3 Å². The fraction of sp³-hybridized carbons (Fsp3) is 0.455. The number of ether oxygens (including phenoxy) is 2. The van der Waals surface area contributed by atoms with Crippen LogP contribution in [0.5, 0.6) is 5.75 Å². The highest BCUT2D eigenvalue weighted by Gasteiger charge is 2.53. The molecule has 182 valence electrons. The van der Waals surface area contributed by atoms with Crippen molar-refractivity contribution in [2.75, 3.05) is 19.8 Å². The molecule has 0 aromatic heterocycles. The predicted octanol–water partition coefficient (Wildman–Crippen LogP) is 1.75. The molecule has 7 nitrogen and oxygen atoms in total. The van der Waals surface area contributed by atoms with Crippen molar-refractivity contribution in [3.05, 3.63) is 64.2 Å². The third kappa shape index (κ3) is 5.78. The lowest BCUT2D eigenvalue weighted by molar-refractivity contribution is -0.289. The Morgan fingerprint density at radius 2 is 1.61 bits per heavy atom. The summed E-state index contributed by atoms with van der Waals surface area (Å²) >= 11 is 6.29. The summed E-state index contributed by atoms with van der Waals surface area (Å²) in [5.74, 6) is 0.0616. The van der Waals surface area contributed by atoms with Crippen molar-refractivity contribution < 1.29 is 48.2 Å². The van der Waals surface area contributed by atoms with E-state index >= 15 is 0 Å². The maximum Gasteiger partial charge on any atom is 0.422 e. The van der Waals surface area contributed by atoms with E-state index < -0.39 is 56.0 Å². The Labute approximate surface area is 192 Å². The van der Waals surface area contributed by atoms with Crippen molar-refractivity contribution in [3.63, 3.8) is 0 Å². The number of hydrogen-bond donors (Lipinski definition) is 5. The summed E-state index contributed by atoms with van der Waals surface area (Å²) < 4.78 is 47.2. The molecule has 4 atom stereocenters. The molecule has 1 heterocycles. The van der Waals surface area contributed by atoms with Crippen LogP contribution in [0, 0.1) is 0 Å². The van der Waals surface area contributed by atoms with E-state index in [2.05, 4.69) is 4.74 Å². The van der Waals surface area contributed by atoms with Gasteiger partial charge in [-0.1, -0.05) is 35.9 Å². The molecule has 1 aliphatic heterocycles. The molecule has 33 heavy (non-hydrogen) atoms. The monoisotopic (exact) mass is 492 g/mol. The molecule has 4 unspecified atom stereocenters. The first-order valence-electron chi connectivity index (χ1n) is 10.0. The van der Waals surface area contributed by atoms with E-state index in [1.165, 1.54) is 18.2 Å². The van der Waals surface area contributed by atoms with Crippen molar-refractivity contribution in [1.82, 2.24) is 0 Å². The second kappa shape index (κ2) is 10.1. The van der Waals surface area contributed by atoms with E-state index in [1.807, 2.05) is 0 Å². The molecule has 0 amide bonds. The highest BCUT2D eigenvalue weighted by Crippen LogP contribution is 2.39. The molecule has 0 spiro atoms. The minimum atomic E-state index is -4.44. The van der Waals surface area contributed by atoms with Crippen LogP contribution in [0.4, 0.5) is 13.2 Å². The van der Waals surface area contributed by atoms with E-state index in [0.29, 0.717) is 21.7 Å². The average Bonchev–Trinajstić information content (AvgIpc) is 2.79. The molecule has 1 aliphatic rings. The van der Waals surface area contributed by atoms with Crippen LogP contribution in [0.2, 0.25) is 5.02 Å². The van der Waals surface area contributed by atoms with E-state index in [-0.39, 0.29) is 12.2 Å². The van der Waals surface area contributed by atoms with E-state index in [1.54, 1.807) is 24.3 Å². The lowest BCUT2D eigenvalue weighted by Gasteiger charge is -2.47. The molecule has 1 fully saturated rings. The van der Waals surface area contributed by atoms with Gasteiger partial charge in [0.05, 0.1) is 13.2 Å². The highest BCUT2D eigenvalue weighted by molar-refractivity contribution is 6.31. The first-order chi connectivity index (χ1) is 15.5. The first kappa shape index (κ1) is 25.7. The average molecular weight is 493 g/mol. The van der Waals surface area contributed by atoms with Gasteiger partial charge in [-0.05, 0) is 41.3 Å². The summed E-state index contributed by atoms with van der Waals surface area (Å²) in [6.45, 7) is -2.99. The van der Waals surface area contributed by atoms with Gasteiger partial charge in [0.1, 0.15) is 35.8 Å². The standard InChI is InChI=1S/C22H24ClF3O7/c23-16-6-3-13(19-17(29)18(30)20(31)21(9-27,10-28)33-19)8-14(16)7-12-1-4-15(5-2-12)32-11-22(24,25)26/h1-6,8,17-20,27-31H,7,9-11H2. The van der Waals surface area contributed by atoms with Crippen LogP contribution in [0.25, 0.3) is 0 Å². The number of alkyl halides is 3. The highest BCUT2D eigenvalue weighted by atomic mass is 35.5. The molecule has 2 aromatic carbocycles. The molecule has 5 N–H and O–H groups in total. The zero-order valence-corrected chi connectivity index (χ0v) is 18.0. The Morgan fingerprint density at radius 3 is 2.18 bits per heavy atom. The van der Waals surface area contributed by atoms with Crippen LogP contribution in [0.1, 0.15) is 22.8 Å². The molecule has 0 aliphatic carbocycles. The van der Waals surface area contributed by atoms with Gasteiger partial charge in [0, 0.05) is 5.02 Å². The molecular formula is C22H24ClF3O7. The van der Waals surface area contributed by atoms with Crippen molar-refractivity contribution in [3.8, 4) is 5.75 Å². The summed E-state index contributed by atoms with van der Waals surface area (Å²) in [5.41, 5.74) is -0.193. The van der Waals surface area contributed by atoms with E-state index in [0.717, 1.165) is 0 Å². The second-order valence-corrected chi connectivity index (χ2v) is 8.33. The molecule has 1 saturated heterocycles. The molecular weight excluding hydrogens is 469 g/mol. The van der Waals surface area contributed by atoms with Gasteiger partial charge in [-0.3, -0.25) is 0 Å². The molecule has 0 bridgehead atoms. The van der Waals surface area contributed by atoms with Crippen LogP contribution >= 0.6 is 11.6 Å². The van der Waals surface area contributed by atoms with Gasteiger partial charge < -0.3 is 35.0 Å². The first-order valence-corrected chi connectivity index (χ1v) is 10.4. The number of aliphatic hydroxyl groups excluding tert-OH is 5. The topological polar surface area (TPSA) is 120 Å². The van der Waals surface area contributed by atoms with Crippen molar-refractivity contribution >= 4 is 11.6 Å². The van der Waals surface area contributed by atoms with Gasteiger partial charge in [-0.25, -0.2) is 0 Å². The Hall–Kier alpha value is -1.92. The summed E-state index contributed by atoms with van der Waals surface area (Å²) in [6, 6.07) is 10.7. The van der Waals surface area contributed by atoms with Gasteiger partial charge in [0.25, 0.3) is 0 Å². The van der Waals surface area contributed by atoms with Crippen LogP contribution in [-0.4, -0.2) is 75.4 Å². The number of rotatable bonds is 7. The van der Waals surface area contributed by atoms with Crippen LogP contribution < -0.4 is 4.74 Å². The minimum Gasteiger partial charge on any atom is -0.484 e. The Balaban J connectivity index is 1.81. The Morgan fingerprint density at radius 1 is 0.970 bits per heavy atom. The lowest BCUT2D eigenvalue weighted by Crippen LogP contribution is -2.65. The summed E-state index contributed by atoms with van der Waals surface area (Å²) in [5, 5.41) is 50.5. The lowest BCUT2D eigenvalue weighted by atomic mass is 9.83. The summed E-state index contributed by atoms with van der Waals surface area (Å²) in [6.07, 6.45) is -10.3. The molecule has 0 saturated carbocycles. The van der Waals surface area contributed by atoms with Gasteiger partial charge in [0.15, 0.2) is 6.61 Å². The fourth-order valence-electron chi connectivity index (χ4n) is 3.64. The van der Waals surface area contributed by atoms with Gasteiger partial charge >= 0.3 is 6.18 Å². The van der Waals surface area contributed by atoms with Crippen LogP contribution in [-0.2, 0) is 11.2 Å². The molecule has 11 heteroatoms. The summed E-state index contributed by atoms with van der Waals surface area (Å²) in [7, 11) is 0. The molecule has 2 aromatic rings. The molecule has 3 rings (SSSR count).